The lowest BCUT2D eigenvalue weighted by Gasteiger charge is -2.42. The highest BCUT2D eigenvalue weighted by Gasteiger charge is 2.32. The van der Waals surface area contributed by atoms with Crippen molar-refractivity contribution >= 4 is 0 Å². The van der Waals surface area contributed by atoms with Crippen molar-refractivity contribution in [2.75, 3.05) is 27.2 Å². The summed E-state index contributed by atoms with van der Waals surface area (Å²) in [6, 6.07) is 0. The Morgan fingerprint density at radius 3 is 2.10 bits per heavy atom. The molecule has 0 spiro atoms. The average molecular weight is 142 g/mol. The van der Waals surface area contributed by atoms with Crippen molar-refractivity contribution in [3.63, 3.8) is 0 Å². The second-order valence-electron chi connectivity index (χ2n) is 5.09. The van der Waals surface area contributed by atoms with Crippen LogP contribution < -0.4 is 0 Å². The Morgan fingerprint density at radius 1 is 1.20 bits per heavy atom. The van der Waals surface area contributed by atoms with Gasteiger partial charge in [0, 0.05) is 5.41 Å². The smallest absolute Gasteiger partial charge is 0.0834 e. The van der Waals surface area contributed by atoms with Crippen molar-refractivity contribution in [1.82, 2.24) is 0 Å². The number of hydrogen-bond acceptors (Lipinski definition) is 0. The summed E-state index contributed by atoms with van der Waals surface area (Å²) in [5.41, 5.74) is 0.585. The predicted molar refractivity (Wildman–Crippen MR) is 44.9 cm³/mol. The molecule has 0 radical (unpaired) electrons. The minimum Gasteiger partial charge on any atom is -0.328 e. The van der Waals surface area contributed by atoms with E-state index in [9.17, 15) is 0 Å². The van der Waals surface area contributed by atoms with E-state index in [1.165, 1.54) is 30.4 Å². The van der Waals surface area contributed by atoms with Gasteiger partial charge in [-0.3, -0.25) is 0 Å². The van der Waals surface area contributed by atoms with Crippen molar-refractivity contribution < 1.29 is 4.48 Å². The first-order chi connectivity index (χ1) is 4.41. The van der Waals surface area contributed by atoms with Gasteiger partial charge in [-0.1, -0.05) is 13.8 Å². The van der Waals surface area contributed by atoms with Gasteiger partial charge >= 0.3 is 0 Å². The summed E-state index contributed by atoms with van der Waals surface area (Å²) in [6.07, 6.45) is 2.81. The van der Waals surface area contributed by atoms with Crippen LogP contribution in [0.15, 0.2) is 0 Å². The van der Waals surface area contributed by atoms with Gasteiger partial charge in [0.05, 0.1) is 27.2 Å². The molecule has 0 N–H and O–H groups in total. The van der Waals surface area contributed by atoms with Crippen LogP contribution in [0.25, 0.3) is 0 Å². The molecule has 1 fully saturated rings. The third-order valence-electron chi connectivity index (χ3n) is 2.47. The molecule has 0 atom stereocenters. The molecule has 10 heavy (non-hydrogen) atoms. The molecule has 0 unspecified atom stereocenters. The number of piperidine rings is 1. The SMILES string of the molecule is CC1(C)CCC[N+](C)(C)C1. The molecule has 0 amide bonds. The summed E-state index contributed by atoms with van der Waals surface area (Å²) in [6.45, 7) is 7.47. The van der Waals surface area contributed by atoms with E-state index in [1.54, 1.807) is 0 Å². The van der Waals surface area contributed by atoms with Crippen LogP contribution in [0.4, 0.5) is 0 Å². The number of rotatable bonds is 0. The van der Waals surface area contributed by atoms with Crippen LogP contribution >= 0.6 is 0 Å². The summed E-state index contributed by atoms with van der Waals surface area (Å²) in [5, 5.41) is 0. The van der Waals surface area contributed by atoms with E-state index in [-0.39, 0.29) is 0 Å². The monoisotopic (exact) mass is 142 g/mol. The van der Waals surface area contributed by atoms with Gasteiger partial charge in [0.15, 0.2) is 0 Å². The van der Waals surface area contributed by atoms with E-state index < -0.39 is 0 Å². The third kappa shape index (κ3) is 1.98. The van der Waals surface area contributed by atoms with E-state index in [0.717, 1.165) is 0 Å². The Bertz CT molecular complexity index is 111. The average Bonchev–Trinajstić information content (AvgIpc) is 1.56. The minimum atomic E-state index is 0.585. The minimum absolute atomic E-state index is 0.585. The highest BCUT2D eigenvalue weighted by molar-refractivity contribution is 4.71. The maximum atomic E-state index is 2.38. The first-order valence-electron chi connectivity index (χ1n) is 4.23. The van der Waals surface area contributed by atoms with E-state index in [2.05, 4.69) is 27.9 Å². The molecule has 0 aromatic carbocycles. The Morgan fingerprint density at radius 2 is 1.80 bits per heavy atom. The first kappa shape index (κ1) is 8.06. The molecule has 1 heteroatoms. The van der Waals surface area contributed by atoms with Gasteiger partial charge in [0.25, 0.3) is 0 Å². The molecule has 0 aliphatic carbocycles. The van der Waals surface area contributed by atoms with Crippen molar-refractivity contribution in [3.05, 3.63) is 0 Å². The zero-order valence-corrected chi connectivity index (χ0v) is 7.78. The summed E-state index contributed by atoms with van der Waals surface area (Å²) in [5.74, 6) is 0. The molecule has 1 heterocycles. The van der Waals surface area contributed by atoms with Gasteiger partial charge in [-0.15, -0.1) is 0 Å². The van der Waals surface area contributed by atoms with Gasteiger partial charge in [-0.05, 0) is 12.8 Å². The quantitative estimate of drug-likeness (QED) is 0.453. The molecule has 60 valence electrons. The lowest BCUT2D eigenvalue weighted by molar-refractivity contribution is -0.902. The summed E-state index contributed by atoms with van der Waals surface area (Å²) in [4.78, 5) is 0. The van der Waals surface area contributed by atoms with E-state index in [1.807, 2.05) is 0 Å². The third-order valence-corrected chi connectivity index (χ3v) is 2.47. The lowest BCUT2D eigenvalue weighted by atomic mass is 9.83. The van der Waals surface area contributed by atoms with Crippen molar-refractivity contribution in [1.29, 1.82) is 0 Å². The highest BCUT2D eigenvalue weighted by Crippen LogP contribution is 2.30. The first-order valence-corrected chi connectivity index (χ1v) is 4.23. The summed E-state index contributed by atoms with van der Waals surface area (Å²) < 4.78 is 1.22. The normalized spacial score (nSPS) is 30.0. The number of quaternary nitrogens is 1. The molecule has 0 saturated carbocycles. The molecule has 1 aliphatic rings. The molecule has 0 bridgehead atoms. The molecule has 0 aromatic heterocycles. The Hall–Kier alpha value is -0.0400. The summed E-state index contributed by atoms with van der Waals surface area (Å²) in [7, 11) is 4.67. The van der Waals surface area contributed by atoms with Gasteiger partial charge < -0.3 is 4.48 Å². The zero-order valence-electron chi connectivity index (χ0n) is 7.78. The molecule has 1 saturated heterocycles. The van der Waals surface area contributed by atoms with Crippen molar-refractivity contribution in [2.45, 2.75) is 26.7 Å². The Balaban J connectivity index is 2.56. The van der Waals surface area contributed by atoms with Crippen molar-refractivity contribution in [2.24, 2.45) is 5.41 Å². The van der Waals surface area contributed by atoms with E-state index in [4.69, 9.17) is 0 Å². The molecule has 1 nitrogen and oxygen atoms in total. The standard InChI is InChI=1S/C9H20N/c1-9(2)6-5-7-10(3,4)8-9/h5-8H2,1-4H3/q+1. The number of nitrogens with zero attached hydrogens (tertiary/aromatic N) is 1. The van der Waals surface area contributed by atoms with Crippen LogP contribution in [0.1, 0.15) is 26.7 Å². The number of hydrogen-bond donors (Lipinski definition) is 0. The second kappa shape index (κ2) is 2.23. The van der Waals surface area contributed by atoms with Crippen LogP contribution in [0.3, 0.4) is 0 Å². The van der Waals surface area contributed by atoms with Crippen LogP contribution in [0, 0.1) is 5.41 Å². The van der Waals surface area contributed by atoms with Gasteiger partial charge in [0.2, 0.25) is 0 Å². The fourth-order valence-corrected chi connectivity index (χ4v) is 2.30. The highest BCUT2D eigenvalue weighted by atomic mass is 15.3. The van der Waals surface area contributed by atoms with E-state index >= 15 is 0 Å². The maximum Gasteiger partial charge on any atom is 0.0834 e. The molecular weight excluding hydrogens is 122 g/mol. The van der Waals surface area contributed by atoms with Crippen LogP contribution in [0.2, 0.25) is 0 Å². The van der Waals surface area contributed by atoms with Gasteiger partial charge in [0.1, 0.15) is 0 Å². The van der Waals surface area contributed by atoms with Crippen LogP contribution in [-0.4, -0.2) is 31.7 Å². The van der Waals surface area contributed by atoms with Crippen molar-refractivity contribution in [3.8, 4) is 0 Å². The Labute approximate surface area is 64.6 Å². The zero-order chi connectivity index (χ0) is 7.83. The molecular formula is C9H20N+. The fourth-order valence-electron chi connectivity index (χ4n) is 2.30. The maximum absolute atomic E-state index is 2.38. The topological polar surface area (TPSA) is 0 Å². The molecule has 1 rings (SSSR count). The largest absolute Gasteiger partial charge is 0.328 e. The van der Waals surface area contributed by atoms with Gasteiger partial charge in [-0.25, -0.2) is 0 Å². The Kier molecular flexibility index (Phi) is 1.80. The lowest BCUT2D eigenvalue weighted by Crippen LogP contribution is -2.50. The fraction of sp³-hybridized carbons (Fsp3) is 1.00. The van der Waals surface area contributed by atoms with Crippen LogP contribution in [-0.2, 0) is 0 Å². The predicted octanol–water partition coefficient (Wildman–Crippen LogP) is 1.88. The molecule has 0 aromatic rings. The molecule has 1 aliphatic heterocycles. The number of likely N-dealkylation sites (tertiary alicyclic amines) is 1. The van der Waals surface area contributed by atoms with Crippen LogP contribution in [0.5, 0.6) is 0 Å². The second-order valence-corrected chi connectivity index (χ2v) is 5.09. The van der Waals surface area contributed by atoms with Gasteiger partial charge in [-0.2, -0.15) is 0 Å². The van der Waals surface area contributed by atoms with E-state index in [0.29, 0.717) is 5.41 Å². The summed E-state index contributed by atoms with van der Waals surface area (Å²) >= 11 is 0.